The summed E-state index contributed by atoms with van der Waals surface area (Å²) < 4.78 is 21.5. The van der Waals surface area contributed by atoms with Crippen LogP contribution in [0.1, 0.15) is 34.0 Å². The average molecular weight is 449 g/mol. The number of piperidine rings is 1. The van der Waals surface area contributed by atoms with E-state index in [4.69, 9.17) is 18.6 Å². The lowest BCUT2D eigenvalue weighted by Crippen LogP contribution is -2.55. The highest BCUT2D eigenvalue weighted by Gasteiger charge is 2.49. The topological polar surface area (TPSA) is 98.4 Å². The molecule has 0 aliphatic carbocycles. The van der Waals surface area contributed by atoms with Gasteiger partial charge in [-0.05, 0) is 53.9 Å². The molecule has 8 nitrogen and oxygen atoms in total. The van der Waals surface area contributed by atoms with E-state index in [1.807, 2.05) is 18.2 Å². The summed E-state index contributed by atoms with van der Waals surface area (Å²) in [5.41, 5.74) is 0.183. The molecule has 3 heterocycles. The predicted molar refractivity (Wildman–Crippen MR) is 117 cm³/mol. The van der Waals surface area contributed by atoms with Gasteiger partial charge in [-0.1, -0.05) is 18.2 Å². The van der Waals surface area contributed by atoms with E-state index >= 15 is 0 Å². The number of likely N-dealkylation sites (tertiary alicyclic amines) is 1. The van der Waals surface area contributed by atoms with Crippen molar-refractivity contribution in [3.63, 3.8) is 0 Å². The van der Waals surface area contributed by atoms with Gasteiger partial charge in [-0.25, -0.2) is 0 Å². The van der Waals surface area contributed by atoms with Crippen molar-refractivity contribution in [3.05, 3.63) is 77.7 Å². The van der Waals surface area contributed by atoms with E-state index in [1.165, 1.54) is 6.26 Å². The molecule has 2 aliphatic heterocycles. The van der Waals surface area contributed by atoms with Crippen LogP contribution >= 0.6 is 0 Å². The second kappa shape index (κ2) is 8.20. The fourth-order valence-corrected chi connectivity index (χ4v) is 4.70. The van der Waals surface area contributed by atoms with Gasteiger partial charge < -0.3 is 28.6 Å². The molecule has 1 saturated heterocycles. The Labute approximate surface area is 190 Å². The van der Waals surface area contributed by atoms with Crippen LogP contribution in [0.5, 0.6) is 17.2 Å². The van der Waals surface area contributed by atoms with Crippen LogP contribution < -0.4 is 14.2 Å². The summed E-state index contributed by atoms with van der Waals surface area (Å²) in [6, 6.07) is 15.8. The highest BCUT2D eigenvalue weighted by Crippen LogP contribution is 2.44. The number of rotatable bonds is 5. The van der Waals surface area contributed by atoms with E-state index in [-0.39, 0.29) is 30.9 Å². The molecule has 170 valence electrons. The van der Waals surface area contributed by atoms with Gasteiger partial charge in [-0.2, -0.15) is 0 Å². The summed E-state index contributed by atoms with van der Waals surface area (Å²) in [7, 11) is 1.56. The van der Waals surface area contributed by atoms with Crippen LogP contribution in [0.15, 0.2) is 65.3 Å². The van der Waals surface area contributed by atoms with Crippen molar-refractivity contribution in [3.8, 4) is 17.2 Å². The third-order valence-corrected chi connectivity index (χ3v) is 6.44. The first-order valence-corrected chi connectivity index (χ1v) is 10.6. The third-order valence-electron chi connectivity index (χ3n) is 6.44. The van der Waals surface area contributed by atoms with Gasteiger partial charge in [-0.15, -0.1) is 0 Å². The van der Waals surface area contributed by atoms with Gasteiger partial charge in [0.25, 0.3) is 5.91 Å². The van der Waals surface area contributed by atoms with Crippen LogP contribution in [0.2, 0.25) is 0 Å². The van der Waals surface area contributed by atoms with Gasteiger partial charge in [0.05, 0.1) is 13.4 Å². The van der Waals surface area contributed by atoms with E-state index in [2.05, 4.69) is 0 Å². The number of aliphatic carboxylic acids is 1. The Kier molecular flexibility index (Phi) is 5.20. The van der Waals surface area contributed by atoms with E-state index in [1.54, 1.807) is 48.4 Å². The SMILES string of the molecule is COc1ccc(C2(C(=O)O)CC(c3ccc4c(c3)OCO4)CN(C(=O)c3ccco3)C2)cc1. The van der Waals surface area contributed by atoms with Crippen molar-refractivity contribution in [2.45, 2.75) is 17.8 Å². The number of hydrogen-bond donors (Lipinski definition) is 1. The summed E-state index contributed by atoms with van der Waals surface area (Å²) >= 11 is 0. The normalized spacial score (nSPS) is 21.6. The molecular formula is C25H23NO7. The molecular weight excluding hydrogens is 426 g/mol. The maximum absolute atomic E-state index is 13.2. The van der Waals surface area contributed by atoms with E-state index in [9.17, 15) is 14.7 Å². The van der Waals surface area contributed by atoms with Crippen LogP contribution in [0.25, 0.3) is 0 Å². The second-order valence-electron chi connectivity index (χ2n) is 8.29. The fraction of sp³-hybridized carbons (Fsp3) is 0.280. The number of benzene rings is 2. The van der Waals surface area contributed by atoms with Gasteiger partial charge >= 0.3 is 5.97 Å². The molecule has 2 aliphatic rings. The number of methoxy groups -OCH3 is 1. The number of carboxylic acids is 1. The van der Waals surface area contributed by atoms with Crippen LogP contribution in [0.3, 0.4) is 0 Å². The Morgan fingerprint density at radius 1 is 1.09 bits per heavy atom. The minimum absolute atomic E-state index is 0.0231. The van der Waals surface area contributed by atoms with Crippen LogP contribution in [0.4, 0.5) is 0 Å². The Morgan fingerprint density at radius 2 is 1.88 bits per heavy atom. The first-order valence-electron chi connectivity index (χ1n) is 10.6. The number of fused-ring (bicyclic) bond motifs is 1. The molecule has 2 unspecified atom stereocenters. The Bertz CT molecular complexity index is 1170. The lowest BCUT2D eigenvalue weighted by Gasteiger charge is -2.44. The number of hydrogen-bond acceptors (Lipinski definition) is 6. The maximum Gasteiger partial charge on any atom is 0.315 e. The molecule has 0 bridgehead atoms. The highest BCUT2D eigenvalue weighted by atomic mass is 16.7. The minimum atomic E-state index is -1.31. The number of nitrogens with zero attached hydrogens (tertiary/aromatic N) is 1. The molecule has 8 heteroatoms. The number of carbonyl (C=O) groups excluding carboxylic acids is 1. The van der Waals surface area contributed by atoms with Crippen LogP contribution in [-0.4, -0.2) is 48.9 Å². The van der Waals surface area contributed by atoms with E-state index < -0.39 is 11.4 Å². The molecule has 33 heavy (non-hydrogen) atoms. The van der Waals surface area contributed by atoms with Crippen LogP contribution in [-0.2, 0) is 10.2 Å². The first-order chi connectivity index (χ1) is 16.0. The smallest absolute Gasteiger partial charge is 0.315 e. The van der Waals surface area contributed by atoms with Gasteiger partial charge in [0, 0.05) is 19.0 Å². The standard InChI is InChI=1S/C25H23NO7/c1-30-19-7-5-18(6-8-19)25(24(28)29)12-17(16-4-9-20-22(11-16)33-15-32-20)13-26(14-25)23(27)21-3-2-10-31-21/h2-11,17H,12-15H2,1H3,(H,28,29). The van der Waals surface area contributed by atoms with Gasteiger partial charge in [0.15, 0.2) is 17.3 Å². The molecule has 0 spiro atoms. The lowest BCUT2D eigenvalue weighted by molar-refractivity contribution is -0.146. The monoisotopic (exact) mass is 449 g/mol. The number of carboxylic acid groups (broad SMARTS) is 1. The van der Waals surface area contributed by atoms with Gasteiger partial charge in [0.1, 0.15) is 11.2 Å². The third kappa shape index (κ3) is 3.67. The molecule has 0 radical (unpaired) electrons. The maximum atomic E-state index is 13.2. The molecule has 1 N–H and O–H groups in total. The molecule has 2 aromatic carbocycles. The Morgan fingerprint density at radius 3 is 2.58 bits per heavy atom. The average Bonchev–Trinajstić information content (AvgIpc) is 3.55. The zero-order chi connectivity index (χ0) is 23.0. The molecule has 0 saturated carbocycles. The molecule has 1 amide bonds. The minimum Gasteiger partial charge on any atom is -0.497 e. The zero-order valence-corrected chi connectivity index (χ0v) is 18.0. The summed E-state index contributed by atoms with van der Waals surface area (Å²) in [5.74, 6) is 0.497. The molecule has 1 aromatic heterocycles. The van der Waals surface area contributed by atoms with Crippen molar-refractivity contribution in [1.82, 2.24) is 4.90 Å². The van der Waals surface area contributed by atoms with Crippen molar-refractivity contribution in [2.24, 2.45) is 0 Å². The van der Waals surface area contributed by atoms with Gasteiger partial charge in [0.2, 0.25) is 6.79 Å². The Hall–Kier alpha value is -3.94. The highest BCUT2D eigenvalue weighted by molar-refractivity contribution is 5.93. The molecule has 5 rings (SSSR count). The molecule has 2 atom stereocenters. The number of carbonyl (C=O) groups is 2. The van der Waals surface area contributed by atoms with Crippen LogP contribution in [0, 0.1) is 0 Å². The lowest BCUT2D eigenvalue weighted by atomic mass is 9.69. The summed E-state index contributed by atoms with van der Waals surface area (Å²) in [5, 5.41) is 10.5. The number of amides is 1. The quantitative estimate of drug-likeness (QED) is 0.635. The second-order valence-corrected chi connectivity index (χ2v) is 8.29. The van der Waals surface area contributed by atoms with Gasteiger partial charge in [-0.3, -0.25) is 9.59 Å². The summed E-state index contributed by atoms with van der Waals surface area (Å²) in [6.45, 7) is 0.525. The number of ether oxygens (including phenoxy) is 3. The first kappa shape index (κ1) is 20.9. The number of furan rings is 1. The van der Waals surface area contributed by atoms with E-state index in [0.717, 1.165) is 5.56 Å². The van der Waals surface area contributed by atoms with Crippen molar-refractivity contribution in [1.29, 1.82) is 0 Å². The van der Waals surface area contributed by atoms with E-state index in [0.29, 0.717) is 35.8 Å². The Balaban J connectivity index is 1.58. The van der Waals surface area contributed by atoms with Crippen molar-refractivity contribution >= 4 is 11.9 Å². The summed E-state index contributed by atoms with van der Waals surface area (Å²) in [4.78, 5) is 27.6. The predicted octanol–water partition coefficient (Wildman–Crippen LogP) is 3.67. The fourth-order valence-electron chi connectivity index (χ4n) is 4.70. The largest absolute Gasteiger partial charge is 0.497 e. The van der Waals surface area contributed by atoms with Crippen molar-refractivity contribution < 1.29 is 33.3 Å². The zero-order valence-electron chi connectivity index (χ0n) is 18.0. The summed E-state index contributed by atoms with van der Waals surface area (Å²) in [6.07, 6.45) is 1.75. The molecule has 1 fully saturated rings. The van der Waals surface area contributed by atoms with Crippen molar-refractivity contribution in [2.75, 3.05) is 27.0 Å². The molecule has 3 aromatic rings.